The van der Waals surface area contributed by atoms with Crippen molar-refractivity contribution < 1.29 is 14.3 Å². The minimum atomic E-state index is -0.466. The maximum absolute atomic E-state index is 12.3. The van der Waals surface area contributed by atoms with Crippen LogP contribution >= 0.6 is 24.0 Å². The van der Waals surface area contributed by atoms with Gasteiger partial charge >= 0.3 is 6.09 Å². The zero-order valence-corrected chi connectivity index (χ0v) is 19.4. The summed E-state index contributed by atoms with van der Waals surface area (Å²) in [5.74, 6) is 0.921. The van der Waals surface area contributed by atoms with Crippen molar-refractivity contribution in [3.8, 4) is 0 Å². The highest BCUT2D eigenvalue weighted by atomic mass is 127. The summed E-state index contributed by atoms with van der Waals surface area (Å²) in [5, 5.41) is 3.44. The molecule has 8 heteroatoms. The van der Waals surface area contributed by atoms with Crippen LogP contribution in [0, 0.1) is 0 Å². The summed E-state index contributed by atoms with van der Waals surface area (Å²) in [6.07, 6.45) is -0.236. The first kappa shape index (κ1) is 22.7. The van der Waals surface area contributed by atoms with Crippen LogP contribution in [0.4, 0.5) is 4.79 Å². The number of amides is 1. The fourth-order valence-corrected chi connectivity index (χ4v) is 3.32. The van der Waals surface area contributed by atoms with Crippen molar-refractivity contribution in [2.24, 2.45) is 4.99 Å². The summed E-state index contributed by atoms with van der Waals surface area (Å²) < 4.78 is 10.6. The van der Waals surface area contributed by atoms with Gasteiger partial charge in [-0.3, -0.25) is 4.99 Å². The first-order valence-corrected chi connectivity index (χ1v) is 9.45. The van der Waals surface area contributed by atoms with E-state index in [0.29, 0.717) is 26.2 Å². The highest BCUT2D eigenvalue weighted by molar-refractivity contribution is 14.0. The predicted molar refractivity (Wildman–Crippen MR) is 120 cm³/mol. The summed E-state index contributed by atoms with van der Waals surface area (Å²) >= 11 is 0. The van der Waals surface area contributed by atoms with Crippen molar-refractivity contribution in [1.29, 1.82) is 0 Å². The largest absolute Gasteiger partial charge is 0.444 e. The third kappa shape index (κ3) is 5.97. The summed E-state index contributed by atoms with van der Waals surface area (Å²) in [4.78, 5) is 21.0. The van der Waals surface area contributed by atoms with Gasteiger partial charge in [-0.05, 0) is 31.9 Å². The number of guanidine groups is 1. The second-order valence-corrected chi connectivity index (χ2v) is 8.04. The maximum atomic E-state index is 12.3. The molecule has 2 heterocycles. The number of benzene rings is 1. The number of fused-ring (bicyclic) bond motifs is 1. The number of piperazine rings is 1. The molecular weight excluding hydrogens is 471 g/mol. The number of carbonyl (C=O) groups excluding carboxylic acids is 1. The van der Waals surface area contributed by atoms with Crippen LogP contribution in [-0.4, -0.2) is 66.8 Å². The summed E-state index contributed by atoms with van der Waals surface area (Å²) in [6.45, 7) is 9.80. The number of halogens is 1. The summed E-state index contributed by atoms with van der Waals surface area (Å²) in [6, 6.07) is 8.60. The normalized spacial score (nSPS) is 18.9. The van der Waals surface area contributed by atoms with E-state index in [1.165, 1.54) is 5.56 Å². The molecule has 0 aliphatic carbocycles. The Balaban J connectivity index is 0.00000280. The molecule has 1 fully saturated rings. The highest BCUT2D eigenvalue weighted by Crippen LogP contribution is 2.19. The molecule has 156 valence electrons. The van der Waals surface area contributed by atoms with Gasteiger partial charge in [0.15, 0.2) is 5.96 Å². The van der Waals surface area contributed by atoms with E-state index in [1.807, 2.05) is 20.8 Å². The lowest BCUT2D eigenvalue weighted by molar-refractivity contribution is 0.0137. The molecule has 0 radical (unpaired) electrons. The van der Waals surface area contributed by atoms with E-state index >= 15 is 0 Å². The van der Waals surface area contributed by atoms with Gasteiger partial charge in [0.25, 0.3) is 0 Å². The molecule has 2 aliphatic heterocycles. The van der Waals surface area contributed by atoms with Gasteiger partial charge in [0.05, 0.1) is 19.2 Å². The fraction of sp³-hybridized carbons (Fsp3) is 0.600. The quantitative estimate of drug-likeness (QED) is 0.642. The molecule has 1 aromatic carbocycles. The molecule has 1 unspecified atom stereocenters. The van der Waals surface area contributed by atoms with E-state index in [2.05, 4.69) is 39.5 Å². The number of nitrogens with one attached hydrogen (secondary N) is 1. The van der Waals surface area contributed by atoms with Crippen molar-refractivity contribution in [3.05, 3.63) is 35.4 Å². The Labute approximate surface area is 184 Å². The Hall–Kier alpha value is -1.55. The molecule has 1 aromatic rings. The number of hydrogen-bond acceptors (Lipinski definition) is 6. The monoisotopic (exact) mass is 502 g/mol. The minimum Gasteiger partial charge on any atom is -0.444 e. The van der Waals surface area contributed by atoms with Crippen LogP contribution in [0.2, 0.25) is 0 Å². The average molecular weight is 502 g/mol. The molecule has 0 saturated carbocycles. The van der Waals surface area contributed by atoms with Crippen molar-refractivity contribution in [2.45, 2.75) is 45.6 Å². The van der Waals surface area contributed by atoms with Gasteiger partial charge in [0.2, 0.25) is 0 Å². The Morgan fingerprint density at radius 2 is 1.89 bits per heavy atom. The Morgan fingerprint density at radius 1 is 1.21 bits per heavy atom. The lowest BCUT2D eigenvalue weighted by Gasteiger charge is -2.39. The number of methoxy groups -OCH3 is 1. The minimum absolute atomic E-state index is 0. The second kappa shape index (κ2) is 9.78. The van der Waals surface area contributed by atoms with E-state index in [0.717, 1.165) is 24.6 Å². The van der Waals surface area contributed by atoms with Gasteiger partial charge < -0.3 is 24.6 Å². The number of aliphatic imine (C=N–C) groups is 1. The van der Waals surface area contributed by atoms with Crippen LogP contribution in [0.5, 0.6) is 0 Å². The van der Waals surface area contributed by atoms with Gasteiger partial charge in [-0.25, -0.2) is 4.79 Å². The van der Waals surface area contributed by atoms with Crippen molar-refractivity contribution in [3.63, 3.8) is 0 Å². The third-order valence-electron chi connectivity index (χ3n) is 4.64. The molecule has 1 atom stereocenters. The number of hydrogen-bond donors (Lipinski definition) is 1. The molecule has 3 rings (SSSR count). The first-order valence-electron chi connectivity index (χ1n) is 9.45. The van der Waals surface area contributed by atoms with Gasteiger partial charge in [-0.15, -0.1) is 24.0 Å². The van der Waals surface area contributed by atoms with Gasteiger partial charge in [0.1, 0.15) is 5.60 Å². The van der Waals surface area contributed by atoms with E-state index in [1.54, 1.807) is 12.0 Å². The van der Waals surface area contributed by atoms with Crippen LogP contribution in [-0.2, 0) is 22.6 Å². The molecule has 2 aliphatic rings. The molecule has 1 saturated heterocycles. The number of nitrogens with zero attached hydrogens (tertiary/aromatic N) is 3. The summed E-state index contributed by atoms with van der Waals surface area (Å²) in [7, 11) is 1.70. The Bertz CT molecular complexity index is 688. The standard InChI is InChI=1S/C20H30N4O3.HI/c1-20(2,3)27-19(25)23-9-10-24-17(13-23)12-22-18(24)21-11-15-5-7-16(8-6-15)14-26-4;/h5-8,17H,9-14H2,1-4H3,(H,21,22);1H. The molecule has 0 aromatic heterocycles. The molecule has 1 amide bonds. The van der Waals surface area contributed by atoms with E-state index in [4.69, 9.17) is 9.47 Å². The molecule has 7 nitrogen and oxygen atoms in total. The van der Waals surface area contributed by atoms with Crippen LogP contribution in [0.3, 0.4) is 0 Å². The first-order chi connectivity index (χ1) is 12.9. The second-order valence-electron chi connectivity index (χ2n) is 8.04. The van der Waals surface area contributed by atoms with Crippen LogP contribution in [0.1, 0.15) is 31.9 Å². The lowest BCUT2D eigenvalue weighted by Crippen LogP contribution is -2.57. The Morgan fingerprint density at radius 3 is 2.54 bits per heavy atom. The van der Waals surface area contributed by atoms with E-state index in [9.17, 15) is 4.79 Å². The van der Waals surface area contributed by atoms with Crippen molar-refractivity contribution >= 4 is 36.0 Å². The Kier molecular flexibility index (Phi) is 7.94. The fourth-order valence-electron chi connectivity index (χ4n) is 3.32. The van der Waals surface area contributed by atoms with Gasteiger partial charge in [-0.1, -0.05) is 24.3 Å². The zero-order valence-electron chi connectivity index (χ0n) is 17.1. The molecule has 0 bridgehead atoms. The topological polar surface area (TPSA) is 66.4 Å². The number of ether oxygens (including phenoxy) is 2. The van der Waals surface area contributed by atoms with E-state index in [-0.39, 0.29) is 36.1 Å². The molecule has 0 spiro atoms. The molecule has 1 N–H and O–H groups in total. The summed E-state index contributed by atoms with van der Waals surface area (Å²) in [5.41, 5.74) is 1.90. The number of carbonyl (C=O) groups is 1. The van der Waals surface area contributed by atoms with Crippen LogP contribution in [0.25, 0.3) is 0 Å². The van der Waals surface area contributed by atoms with Crippen LogP contribution < -0.4 is 5.32 Å². The highest BCUT2D eigenvalue weighted by Gasteiger charge is 2.36. The average Bonchev–Trinajstić information content (AvgIpc) is 3.02. The van der Waals surface area contributed by atoms with Crippen molar-refractivity contribution in [2.75, 3.05) is 33.3 Å². The lowest BCUT2D eigenvalue weighted by atomic mass is 10.1. The third-order valence-corrected chi connectivity index (χ3v) is 4.64. The maximum Gasteiger partial charge on any atom is 0.410 e. The van der Waals surface area contributed by atoms with E-state index < -0.39 is 5.60 Å². The SMILES string of the molecule is COCc1ccc(CNC2=NCC3CN(C(=O)OC(C)(C)C)CCN23)cc1.I. The van der Waals surface area contributed by atoms with Gasteiger partial charge in [0, 0.05) is 33.3 Å². The molecular formula is C20H31IN4O3. The van der Waals surface area contributed by atoms with Crippen molar-refractivity contribution in [1.82, 2.24) is 15.1 Å². The predicted octanol–water partition coefficient (Wildman–Crippen LogP) is 2.83. The molecule has 28 heavy (non-hydrogen) atoms. The van der Waals surface area contributed by atoms with Crippen LogP contribution in [0.15, 0.2) is 29.3 Å². The smallest absolute Gasteiger partial charge is 0.410 e. The zero-order chi connectivity index (χ0) is 19.4. The van der Waals surface area contributed by atoms with Gasteiger partial charge in [-0.2, -0.15) is 0 Å². The number of rotatable bonds is 4.